The van der Waals surface area contributed by atoms with Gasteiger partial charge in [0.2, 0.25) is 0 Å². The molecule has 3 heteroatoms. The molecule has 1 heterocycles. The zero-order chi connectivity index (χ0) is 11.6. The molecule has 0 bridgehead atoms. The van der Waals surface area contributed by atoms with Crippen LogP contribution in [0, 0.1) is 11.8 Å². The average Bonchev–Trinajstić information content (AvgIpc) is 2.79. The van der Waals surface area contributed by atoms with Crippen LogP contribution in [0.3, 0.4) is 0 Å². The molecule has 0 spiro atoms. The number of carboxylic acids is 1. The summed E-state index contributed by atoms with van der Waals surface area (Å²) in [6.45, 7) is 2.22. The maximum atomic E-state index is 11.7. The molecule has 1 saturated heterocycles. The SMILES string of the molecule is CCC1CCCCC1C1(C(=O)O)CCCS1. The van der Waals surface area contributed by atoms with Crippen LogP contribution in [0.25, 0.3) is 0 Å². The molecule has 16 heavy (non-hydrogen) atoms. The van der Waals surface area contributed by atoms with Crippen molar-refractivity contribution in [1.29, 1.82) is 0 Å². The molecule has 0 amide bonds. The van der Waals surface area contributed by atoms with Crippen LogP contribution in [0.1, 0.15) is 51.9 Å². The molecule has 0 radical (unpaired) electrons. The Labute approximate surface area is 102 Å². The summed E-state index contributed by atoms with van der Waals surface area (Å²) in [5.41, 5.74) is 0. The first-order valence-corrected chi connectivity index (χ1v) is 7.56. The van der Waals surface area contributed by atoms with Gasteiger partial charge in [-0.05, 0) is 36.9 Å². The second kappa shape index (κ2) is 4.99. The lowest BCUT2D eigenvalue weighted by Crippen LogP contribution is -2.45. The second-order valence-corrected chi connectivity index (χ2v) is 6.63. The highest BCUT2D eigenvalue weighted by molar-refractivity contribution is 8.01. The van der Waals surface area contributed by atoms with Gasteiger partial charge in [0.25, 0.3) is 0 Å². The molecule has 1 aliphatic heterocycles. The monoisotopic (exact) mass is 242 g/mol. The van der Waals surface area contributed by atoms with Crippen LogP contribution in [0.4, 0.5) is 0 Å². The van der Waals surface area contributed by atoms with Crippen LogP contribution in [0.2, 0.25) is 0 Å². The highest BCUT2D eigenvalue weighted by Gasteiger charge is 2.51. The van der Waals surface area contributed by atoms with Gasteiger partial charge in [0.15, 0.2) is 0 Å². The number of hydrogen-bond acceptors (Lipinski definition) is 2. The Balaban J connectivity index is 2.20. The molecule has 92 valence electrons. The fourth-order valence-corrected chi connectivity index (χ4v) is 5.18. The van der Waals surface area contributed by atoms with Crippen LogP contribution < -0.4 is 0 Å². The van der Waals surface area contributed by atoms with E-state index in [-0.39, 0.29) is 0 Å². The van der Waals surface area contributed by atoms with E-state index in [0.717, 1.165) is 31.4 Å². The maximum Gasteiger partial charge on any atom is 0.320 e. The number of hydrogen-bond donors (Lipinski definition) is 1. The third-order valence-corrected chi connectivity index (χ3v) is 6.14. The zero-order valence-electron chi connectivity index (χ0n) is 10.1. The lowest BCUT2D eigenvalue weighted by molar-refractivity contribution is -0.142. The van der Waals surface area contributed by atoms with E-state index < -0.39 is 10.7 Å². The van der Waals surface area contributed by atoms with E-state index in [4.69, 9.17) is 0 Å². The molecule has 3 unspecified atom stereocenters. The first-order chi connectivity index (χ1) is 7.70. The topological polar surface area (TPSA) is 37.3 Å². The van der Waals surface area contributed by atoms with E-state index in [2.05, 4.69) is 6.92 Å². The van der Waals surface area contributed by atoms with Crippen molar-refractivity contribution >= 4 is 17.7 Å². The Kier molecular flexibility index (Phi) is 3.83. The predicted molar refractivity (Wildman–Crippen MR) is 67.8 cm³/mol. The Bertz CT molecular complexity index is 259. The van der Waals surface area contributed by atoms with Gasteiger partial charge >= 0.3 is 5.97 Å². The van der Waals surface area contributed by atoms with Crippen molar-refractivity contribution in [2.75, 3.05) is 5.75 Å². The summed E-state index contributed by atoms with van der Waals surface area (Å²) in [7, 11) is 0. The quantitative estimate of drug-likeness (QED) is 0.822. The summed E-state index contributed by atoms with van der Waals surface area (Å²) in [5, 5.41) is 9.61. The third kappa shape index (κ3) is 1.99. The van der Waals surface area contributed by atoms with Crippen molar-refractivity contribution in [3.63, 3.8) is 0 Å². The minimum absolute atomic E-state index is 0.427. The smallest absolute Gasteiger partial charge is 0.320 e. The van der Waals surface area contributed by atoms with Crippen molar-refractivity contribution in [3.8, 4) is 0 Å². The van der Waals surface area contributed by atoms with Crippen molar-refractivity contribution in [3.05, 3.63) is 0 Å². The highest BCUT2D eigenvalue weighted by Crippen LogP contribution is 2.51. The molecule has 2 aliphatic rings. The van der Waals surface area contributed by atoms with Gasteiger partial charge in [-0.2, -0.15) is 0 Å². The molecule has 0 aromatic rings. The van der Waals surface area contributed by atoms with Crippen LogP contribution in [-0.2, 0) is 4.79 Å². The molecule has 1 N–H and O–H groups in total. The largest absolute Gasteiger partial charge is 0.480 e. The van der Waals surface area contributed by atoms with Crippen LogP contribution in [0.15, 0.2) is 0 Å². The van der Waals surface area contributed by atoms with Crippen molar-refractivity contribution in [1.82, 2.24) is 0 Å². The van der Waals surface area contributed by atoms with Gasteiger partial charge in [-0.1, -0.05) is 32.6 Å². The fraction of sp³-hybridized carbons (Fsp3) is 0.923. The molecule has 2 rings (SSSR count). The molecule has 2 nitrogen and oxygen atoms in total. The normalized spacial score (nSPS) is 39.8. The lowest BCUT2D eigenvalue weighted by Gasteiger charge is -2.41. The Morgan fingerprint density at radius 3 is 2.69 bits per heavy atom. The number of thioether (sulfide) groups is 1. The first-order valence-electron chi connectivity index (χ1n) is 6.58. The number of carbonyl (C=O) groups is 1. The summed E-state index contributed by atoms with van der Waals surface area (Å²) >= 11 is 1.72. The van der Waals surface area contributed by atoms with E-state index in [0.29, 0.717) is 11.8 Å². The fourth-order valence-electron chi connectivity index (χ4n) is 3.59. The maximum absolute atomic E-state index is 11.7. The van der Waals surface area contributed by atoms with Crippen molar-refractivity contribution in [2.45, 2.75) is 56.6 Å². The van der Waals surface area contributed by atoms with Gasteiger partial charge in [-0.25, -0.2) is 0 Å². The minimum Gasteiger partial charge on any atom is -0.480 e. The zero-order valence-corrected chi connectivity index (χ0v) is 10.9. The van der Waals surface area contributed by atoms with Gasteiger partial charge < -0.3 is 5.11 Å². The van der Waals surface area contributed by atoms with Crippen LogP contribution >= 0.6 is 11.8 Å². The Morgan fingerprint density at radius 2 is 2.12 bits per heavy atom. The second-order valence-electron chi connectivity index (χ2n) is 5.21. The van der Waals surface area contributed by atoms with Gasteiger partial charge in [0.1, 0.15) is 4.75 Å². The van der Waals surface area contributed by atoms with E-state index in [1.54, 1.807) is 11.8 Å². The third-order valence-electron chi connectivity index (χ3n) is 4.45. The van der Waals surface area contributed by atoms with Gasteiger partial charge in [-0.3, -0.25) is 4.79 Å². The summed E-state index contributed by atoms with van der Waals surface area (Å²) in [5.74, 6) is 1.58. The lowest BCUT2D eigenvalue weighted by atomic mass is 9.69. The molecule has 3 atom stereocenters. The minimum atomic E-state index is -0.541. The van der Waals surface area contributed by atoms with E-state index in [9.17, 15) is 9.90 Å². The molecular weight excluding hydrogens is 220 g/mol. The highest BCUT2D eigenvalue weighted by atomic mass is 32.2. The molecular formula is C13H22O2S. The van der Waals surface area contributed by atoms with E-state index in [1.165, 1.54) is 19.3 Å². The summed E-state index contributed by atoms with van der Waals surface area (Å²) in [6, 6.07) is 0. The average molecular weight is 242 g/mol. The first kappa shape index (κ1) is 12.3. The van der Waals surface area contributed by atoms with E-state index in [1.807, 2.05) is 0 Å². The number of rotatable bonds is 3. The van der Waals surface area contributed by atoms with Gasteiger partial charge in [-0.15, -0.1) is 11.8 Å². The molecule has 2 fully saturated rings. The van der Waals surface area contributed by atoms with Crippen LogP contribution in [0.5, 0.6) is 0 Å². The number of carboxylic acid groups (broad SMARTS) is 1. The summed E-state index contributed by atoms with van der Waals surface area (Å²) in [4.78, 5) is 11.7. The van der Waals surface area contributed by atoms with E-state index >= 15 is 0 Å². The Morgan fingerprint density at radius 1 is 1.38 bits per heavy atom. The molecule has 0 aromatic carbocycles. The van der Waals surface area contributed by atoms with Gasteiger partial charge in [0.05, 0.1) is 0 Å². The molecule has 1 saturated carbocycles. The molecule has 0 aromatic heterocycles. The standard InChI is InChI=1S/C13H22O2S/c1-2-10-6-3-4-7-11(10)13(12(14)15)8-5-9-16-13/h10-11H,2-9H2,1H3,(H,14,15). The van der Waals surface area contributed by atoms with Crippen molar-refractivity contribution in [2.24, 2.45) is 11.8 Å². The molecule has 1 aliphatic carbocycles. The number of aliphatic carboxylic acids is 1. The summed E-state index contributed by atoms with van der Waals surface area (Å²) in [6.07, 6.45) is 8.05. The van der Waals surface area contributed by atoms with Crippen LogP contribution in [-0.4, -0.2) is 21.6 Å². The van der Waals surface area contributed by atoms with Crippen molar-refractivity contribution < 1.29 is 9.90 Å². The Hall–Kier alpha value is -0.180. The summed E-state index contributed by atoms with van der Waals surface area (Å²) < 4.78 is -0.429. The van der Waals surface area contributed by atoms with Gasteiger partial charge in [0, 0.05) is 0 Å². The predicted octanol–water partition coefficient (Wildman–Crippen LogP) is 3.55.